The summed E-state index contributed by atoms with van der Waals surface area (Å²) in [4.78, 5) is 17.8. The molecule has 1 aliphatic rings. The predicted octanol–water partition coefficient (Wildman–Crippen LogP) is 1.44. The third-order valence-electron chi connectivity index (χ3n) is 3.08. The molecule has 0 saturated carbocycles. The third-order valence-corrected chi connectivity index (χ3v) is 3.08. The van der Waals surface area contributed by atoms with E-state index in [1.54, 1.807) is 12.1 Å². The fourth-order valence-electron chi connectivity index (χ4n) is 2.19. The molecule has 1 aromatic heterocycles. The van der Waals surface area contributed by atoms with Crippen LogP contribution in [-0.2, 0) is 0 Å². The van der Waals surface area contributed by atoms with Gasteiger partial charge in [0.15, 0.2) is 23.1 Å². The average Bonchev–Trinajstić information content (AvgIpc) is 2.80. The first kappa shape index (κ1) is 12.3. The summed E-state index contributed by atoms with van der Waals surface area (Å²) < 4.78 is 11.0. The van der Waals surface area contributed by atoms with Crippen molar-refractivity contribution in [2.45, 2.75) is 6.92 Å². The van der Waals surface area contributed by atoms with Crippen molar-refractivity contribution in [2.24, 2.45) is 0 Å². The highest BCUT2D eigenvalue weighted by Gasteiger charge is 2.21. The molecule has 0 bridgehead atoms. The second-order valence-corrected chi connectivity index (χ2v) is 4.46. The lowest BCUT2D eigenvalue weighted by Gasteiger charge is -2.20. The van der Waals surface area contributed by atoms with Crippen LogP contribution in [0.2, 0.25) is 0 Å². The van der Waals surface area contributed by atoms with Gasteiger partial charge >= 0.3 is 5.97 Å². The van der Waals surface area contributed by atoms with Gasteiger partial charge in [-0.05, 0) is 24.6 Å². The predicted molar refractivity (Wildman–Crippen MR) is 71.1 cm³/mol. The van der Waals surface area contributed by atoms with Crippen LogP contribution in [0.1, 0.15) is 16.1 Å². The quantitative estimate of drug-likeness (QED) is 0.764. The fraction of sp³-hybridized carbons (Fsp3) is 0.231. The molecule has 2 heterocycles. The molecular weight excluding hydrogens is 262 g/mol. The molecule has 7 heteroatoms. The number of anilines is 1. The maximum atomic E-state index is 11.2. The molecule has 3 rings (SSSR count). The third kappa shape index (κ3) is 1.93. The molecule has 0 saturated heterocycles. The highest BCUT2D eigenvalue weighted by Crippen LogP contribution is 2.37. The minimum Gasteiger partial charge on any atom is -0.486 e. The lowest BCUT2D eigenvalue weighted by atomic mass is 10.0. The van der Waals surface area contributed by atoms with Crippen molar-refractivity contribution in [2.75, 3.05) is 18.9 Å². The lowest BCUT2D eigenvalue weighted by molar-refractivity contribution is 0.0692. The van der Waals surface area contributed by atoms with E-state index in [9.17, 15) is 9.90 Å². The first-order valence-corrected chi connectivity index (χ1v) is 6.05. The molecule has 0 aliphatic carbocycles. The molecule has 0 fully saturated rings. The van der Waals surface area contributed by atoms with E-state index in [1.165, 1.54) is 0 Å². The Balaban J connectivity index is 2.17. The molecule has 0 atom stereocenters. The van der Waals surface area contributed by atoms with E-state index in [0.717, 1.165) is 5.56 Å². The molecule has 20 heavy (non-hydrogen) atoms. The highest BCUT2D eigenvalue weighted by molar-refractivity contribution is 5.94. The van der Waals surface area contributed by atoms with E-state index in [4.69, 9.17) is 15.2 Å². The zero-order chi connectivity index (χ0) is 14.3. The normalized spacial score (nSPS) is 13.2. The lowest BCUT2D eigenvalue weighted by Crippen LogP contribution is -2.15. The van der Waals surface area contributed by atoms with Crippen LogP contribution in [0.3, 0.4) is 0 Å². The first-order chi connectivity index (χ1) is 9.56. The Kier molecular flexibility index (Phi) is 2.74. The van der Waals surface area contributed by atoms with Crippen molar-refractivity contribution in [1.82, 2.24) is 9.97 Å². The Labute approximate surface area is 114 Å². The van der Waals surface area contributed by atoms with E-state index >= 15 is 0 Å². The largest absolute Gasteiger partial charge is 0.486 e. The number of carbonyl (C=O) groups is 1. The number of ether oxygens (including phenoxy) is 2. The van der Waals surface area contributed by atoms with Crippen LogP contribution >= 0.6 is 0 Å². The van der Waals surface area contributed by atoms with Gasteiger partial charge in [0.05, 0.1) is 0 Å². The topological polar surface area (TPSA) is 110 Å². The van der Waals surface area contributed by atoms with Crippen LogP contribution < -0.4 is 15.2 Å². The Morgan fingerprint density at radius 2 is 2.00 bits per heavy atom. The number of carboxylic acids is 1. The van der Waals surface area contributed by atoms with E-state index < -0.39 is 5.97 Å². The van der Waals surface area contributed by atoms with E-state index in [0.29, 0.717) is 36.0 Å². The number of carboxylic acid groups (broad SMARTS) is 1. The molecular formula is C13H13N3O4. The van der Waals surface area contributed by atoms with E-state index in [-0.39, 0.29) is 11.6 Å². The van der Waals surface area contributed by atoms with Crippen LogP contribution in [0.25, 0.3) is 11.3 Å². The molecule has 7 nitrogen and oxygen atoms in total. The molecule has 0 spiro atoms. The van der Waals surface area contributed by atoms with Crippen molar-refractivity contribution in [3.8, 4) is 22.8 Å². The summed E-state index contributed by atoms with van der Waals surface area (Å²) in [6, 6.07) is 3.53. The molecule has 4 N–H and O–H groups in total. The van der Waals surface area contributed by atoms with E-state index in [1.807, 2.05) is 6.92 Å². The fourth-order valence-corrected chi connectivity index (χ4v) is 2.19. The number of hydrogen-bond donors (Lipinski definition) is 3. The van der Waals surface area contributed by atoms with Gasteiger partial charge in [-0.2, -0.15) is 0 Å². The number of benzene rings is 1. The van der Waals surface area contributed by atoms with Gasteiger partial charge in [0.1, 0.15) is 18.9 Å². The number of nitrogens with one attached hydrogen (secondary N) is 1. The second-order valence-electron chi connectivity index (χ2n) is 4.46. The maximum Gasteiger partial charge on any atom is 0.354 e. The Morgan fingerprint density at radius 1 is 1.35 bits per heavy atom. The molecule has 0 unspecified atom stereocenters. The molecule has 1 aromatic carbocycles. The summed E-state index contributed by atoms with van der Waals surface area (Å²) in [6.45, 7) is 2.82. The highest BCUT2D eigenvalue weighted by atomic mass is 16.6. The number of aryl methyl sites for hydroxylation is 1. The van der Waals surface area contributed by atoms with Crippen LogP contribution in [0.5, 0.6) is 11.5 Å². The van der Waals surface area contributed by atoms with Gasteiger partial charge in [0.2, 0.25) is 0 Å². The number of H-pyrrole nitrogens is 1. The van der Waals surface area contributed by atoms with Crippen LogP contribution in [0, 0.1) is 6.92 Å². The number of aromatic amines is 1. The van der Waals surface area contributed by atoms with Gasteiger partial charge in [0, 0.05) is 5.56 Å². The van der Waals surface area contributed by atoms with Crippen molar-refractivity contribution in [1.29, 1.82) is 0 Å². The summed E-state index contributed by atoms with van der Waals surface area (Å²) >= 11 is 0. The SMILES string of the molecule is Cc1cc2c(cc1-c1nc(N)[nH]c1C(=O)O)OCCO2. The molecule has 2 aromatic rings. The number of nitrogens with two attached hydrogens (primary N) is 1. The summed E-state index contributed by atoms with van der Waals surface area (Å²) in [5.74, 6) is 0.179. The zero-order valence-electron chi connectivity index (χ0n) is 10.8. The van der Waals surface area contributed by atoms with Crippen molar-refractivity contribution < 1.29 is 19.4 Å². The number of rotatable bonds is 2. The summed E-state index contributed by atoms with van der Waals surface area (Å²) in [7, 11) is 0. The summed E-state index contributed by atoms with van der Waals surface area (Å²) in [5, 5.41) is 9.19. The van der Waals surface area contributed by atoms with Crippen LogP contribution in [0.15, 0.2) is 12.1 Å². The smallest absolute Gasteiger partial charge is 0.354 e. The van der Waals surface area contributed by atoms with Crippen LogP contribution in [0.4, 0.5) is 5.95 Å². The van der Waals surface area contributed by atoms with Crippen LogP contribution in [-0.4, -0.2) is 34.3 Å². The van der Waals surface area contributed by atoms with Crippen molar-refractivity contribution in [3.05, 3.63) is 23.4 Å². The number of hydrogen-bond acceptors (Lipinski definition) is 5. The van der Waals surface area contributed by atoms with Gasteiger partial charge in [-0.25, -0.2) is 9.78 Å². The minimum atomic E-state index is -1.11. The molecule has 104 valence electrons. The zero-order valence-corrected chi connectivity index (χ0v) is 10.8. The standard InChI is InChI=1S/C13H13N3O4/c1-6-4-8-9(20-3-2-19-8)5-7(6)10-11(12(17)18)16-13(14)15-10/h4-5H,2-3H2,1H3,(H,17,18)(H3,14,15,16). The molecule has 0 amide bonds. The number of aromatic carboxylic acids is 1. The summed E-state index contributed by atoms with van der Waals surface area (Å²) in [5.41, 5.74) is 7.30. The monoisotopic (exact) mass is 275 g/mol. The maximum absolute atomic E-state index is 11.2. The van der Waals surface area contributed by atoms with Crippen molar-refractivity contribution in [3.63, 3.8) is 0 Å². The van der Waals surface area contributed by atoms with Gasteiger partial charge in [0.25, 0.3) is 0 Å². The van der Waals surface area contributed by atoms with E-state index in [2.05, 4.69) is 9.97 Å². The average molecular weight is 275 g/mol. The molecule has 1 aliphatic heterocycles. The Hall–Kier alpha value is -2.70. The first-order valence-electron chi connectivity index (χ1n) is 6.05. The Morgan fingerprint density at radius 3 is 2.65 bits per heavy atom. The number of fused-ring (bicyclic) bond motifs is 1. The Bertz CT molecular complexity index is 693. The van der Waals surface area contributed by atoms with Gasteiger partial charge in [-0.1, -0.05) is 0 Å². The van der Waals surface area contributed by atoms with Gasteiger partial charge in [-0.3, -0.25) is 0 Å². The molecule has 0 radical (unpaired) electrons. The number of aromatic nitrogens is 2. The minimum absolute atomic E-state index is 0.0396. The number of nitrogen functional groups attached to an aromatic ring is 1. The second kappa shape index (κ2) is 4.44. The van der Waals surface area contributed by atoms with Gasteiger partial charge < -0.3 is 25.3 Å². The van der Waals surface area contributed by atoms with Crippen molar-refractivity contribution >= 4 is 11.9 Å². The summed E-state index contributed by atoms with van der Waals surface area (Å²) in [6.07, 6.45) is 0. The van der Waals surface area contributed by atoms with Gasteiger partial charge in [-0.15, -0.1) is 0 Å². The number of nitrogens with zero attached hydrogens (tertiary/aromatic N) is 1. The number of imidazole rings is 1.